The van der Waals surface area contributed by atoms with Gasteiger partial charge in [-0.1, -0.05) is 0 Å². The molecule has 2 rings (SSSR count). The first kappa shape index (κ1) is 7.78. The molecular formula is C7H9N5O. The first-order valence-electron chi connectivity index (χ1n) is 3.93. The Kier molecular flexibility index (Phi) is 1.54. The average molecular weight is 179 g/mol. The molecule has 0 aliphatic rings. The molecule has 6 heteroatoms. The van der Waals surface area contributed by atoms with E-state index in [4.69, 9.17) is 5.73 Å². The molecule has 2 heterocycles. The second kappa shape index (κ2) is 2.58. The third kappa shape index (κ3) is 0.986. The molecule has 0 fully saturated rings. The van der Waals surface area contributed by atoms with Gasteiger partial charge in [-0.05, 0) is 6.92 Å². The summed E-state index contributed by atoms with van der Waals surface area (Å²) in [6.07, 6.45) is 1.35. The summed E-state index contributed by atoms with van der Waals surface area (Å²) < 4.78 is 1.60. The molecule has 0 aromatic carbocycles. The highest BCUT2D eigenvalue weighted by molar-refractivity contribution is 5.84. The van der Waals surface area contributed by atoms with Crippen LogP contribution >= 0.6 is 0 Å². The smallest absolute Gasteiger partial charge is 0.264 e. The number of nitrogens with two attached hydrogens (primary N) is 1. The fourth-order valence-electron chi connectivity index (χ4n) is 1.26. The van der Waals surface area contributed by atoms with Crippen molar-refractivity contribution in [2.45, 2.75) is 13.5 Å². The van der Waals surface area contributed by atoms with Crippen LogP contribution in [0.25, 0.3) is 11.0 Å². The van der Waals surface area contributed by atoms with Gasteiger partial charge in [-0.2, -0.15) is 5.10 Å². The molecular weight excluding hydrogens is 170 g/mol. The Hall–Kier alpha value is -1.85. The van der Waals surface area contributed by atoms with E-state index < -0.39 is 0 Å². The molecule has 0 saturated heterocycles. The SMILES string of the molecule is CCn1nc(N)c2c(=O)[nH]cnc21. The van der Waals surface area contributed by atoms with Gasteiger partial charge in [0.1, 0.15) is 5.39 Å². The number of fused-ring (bicyclic) bond motifs is 1. The maximum absolute atomic E-state index is 11.3. The molecule has 0 unspecified atom stereocenters. The van der Waals surface area contributed by atoms with Gasteiger partial charge in [0.2, 0.25) is 0 Å². The summed E-state index contributed by atoms with van der Waals surface area (Å²) in [7, 11) is 0. The summed E-state index contributed by atoms with van der Waals surface area (Å²) in [6.45, 7) is 2.55. The lowest BCUT2D eigenvalue weighted by molar-refractivity contribution is 0.679. The largest absolute Gasteiger partial charge is 0.381 e. The second-order valence-electron chi connectivity index (χ2n) is 2.63. The van der Waals surface area contributed by atoms with Crippen molar-refractivity contribution < 1.29 is 0 Å². The topological polar surface area (TPSA) is 89.6 Å². The van der Waals surface area contributed by atoms with E-state index in [1.807, 2.05) is 6.92 Å². The van der Waals surface area contributed by atoms with Crippen molar-refractivity contribution in [2.24, 2.45) is 0 Å². The molecule has 0 bridgehead atoms. The third-order valence-electron chi connectivity index (χ3n) is 1.86. The van der Waals surface area contributed by atoms with E-state index in [1.54, 1.807) is 4.68 Å². The van der Waals surface area contributed by atoms with Gasteiger partial charge >= 0.3 is 0 Å². The highest BCUT2D eigenvalue weighted by Gasteiger charge is 2.10. The quantitative estimate of drug-likeness (QED) is 0.630. The Morgan fingerprint density at radius 2 is 2.46 bits per heavy atom. The molecule has 2 aromatic heterocycles. The fourth-order valence-corrected chi connectivity index (χ4v) is 1.26. The van der Waals surface area contributed by atoms with Crippen molar-refractivity contribution in [1.29, 1.82) is 0 Å². The summed E-state index contributed by atoms with van der Waals surface area (Å²) in [5, 5.41) is 4.35. The standard InChI is InChI=1S/C7H9N5O/c1-2-12-6-4(5(8)11-12)7(13)10-3-9-6/h3H,2H2,1H3,(H2,8,11)(H,9,10,13). The molecule has 0 aliphatic carbocycles. The predicted octanol–water partition coefficient (Wildman–Crippen LogP) is -0.278. The van der Waals surface area contributed by atoms with E-state index >= 15 is 0 Å². The molecule has 3 N–H and O–H groups in total. The van der Waals surface area contributed by atoms with Crippen molar-refractivity contribution in [3.05, 3.63) is 16.7 Å². The second-order valence-corrected chi connectivity index (χ2v) is 2.63. The van der Waals surface area contributed by atoms with E-state index in [-0.39, 0.29) is 11.4 Å². The Morgan fingerprint density at radius 3 is 3.15 bits per heavy atom. The minimum atomic E-state index is -0.248. The number of rotatable bonds is 1. The lowest BCUT2D eigenvalue weighted by Gasteiger charge is -1.93. The average Bonchev–Trinajstić information content (AvgIpc) is 2.44. The zero-order chi connectivity index (χ0) is 9.42. The Bertz CT molecular complexity index is 497. The summed E-state index contributed by atoms with van der Waals surface area (Å²) in [5.41, 5.74) is 5.84. The van der Waals surface area contributed by atoms with Gasteiger partial charge in [0.25, 0.3) is 5.56 Å². The number of aromatic nitrogens is 4. The van der Waals surface area contributed by atoms with Crippen LogP contribution in [0.2, 0.25) is 0 Å². The van der Waals surface area contributed by atoms with Crippen molar-refractivity contribution in [3.63, 3.8) is 0 Å². The van der Waals surface area contributed by atoms with E-state index in [2.05, 4.69) is 15.1 Å². The molecule has 0 amide bonds. The molecule has 0 spiro atoms. The maximum atomic E-state index is 11.3. The van der Waals surface area contributed by atoms with Crippen molar-refractivity contribution in [2.75, 3.05) is 5.73 Å². The zero-order valence-corrected chi connectivity index (χ0v) is 7.11. The number of H-pyrrole nitrogens is 1. The normalized spacial score (nSPS) is 10.8. The molecule has 68 valence electrons. The highest BCUT2D eigenvalue weighted by atomic mass is 16.1. The van der Waals surface area contributed by atoms with Crippen LogP contribution in [0.1, 0.15) is 6.92 Å². The minimum absolute atomic E-state index is 0.228. The van der Waals surface area contributed by atoms with E-state index in [1.165, 1.54) is 6.33 Å². The zero-order valence-electron chi connectivity index (χ0n) is 7.11. The predicted molar refractivity (Wildman–Crippen MR) is 48.2 cm³/mol. The van der Waals surface area contributed by atoms with Crippen LogP contribution in [0.5, 0.6) is 0 Å². The number of nitrogen functional groups attached to an aromatic ring is 1. The van der Waals surface area contributed by atoms with Gasteiger partial charge in [0.05, 0.1) is 6.33 Å². The van der Waals surface area contributed by atoms with Crippen LogP contribution in [0.15, 0.2) is 11.1 Å². The van der Waals surface area contributed by atoms with E-state index in [9.17, 15) is 4.79 Å². The summed E-state index contributed by atoms with van der Waals surface area (Å²) >= 11 is 0. The minimum Gasteiger partial charge on any atom is -0.381 e. The number of hydrogen-bond acceptors (Lipinski definition) is 4. The van der Waals surface area contributed by atoms with Gasteiger partial charge in [-0.15, -0.1) is 0 Å². The number of hydrogen-bond donors (Lipinski definition) is 2. The molecule has 13 heavy (non-hydrogen) atoms. The summed E-state index contributed by atoms with van der Waals surface area (Å²) in [5.74, 6) is 0.228. The number of anilines is 1. The monoisotopic (exact) mass is 179 g/mol. The van der Waals surface area contributed by atoms with Gasteiger partial charge in [-0.25, -0.2) is 9.67 Å². The Morgan fingerprint density at radius 1 is 1.69 bits per heavy atom. The first-order chi connectivity index (χ1) is 6.24. The Labute approximate surface area is 73.4 Å². The Balaban J connectivity index is 2.96. The molecule has 6 nitrogen and oxygen atoms in total. The van der Waals surface area contributed by atoms with Crippen molar-refractivity contribution >= 4 is 16.9 Å². The molecule has 0 saturated carbocycles. The number of nitrogens with zero attached hydrogens (tertiary/aromatic N) is 3. The van der Waals surface area contributed by atoms with Crippen LogP contribution in [0.4, 0.5) is 5.82 Å². The summed E-state index contributed by atoms with van der Waals surface area (Å²) in [4.78, 5) is 17.8. The van der Waals surface area contributed by atoms with Crippen molar-refractivity contribution in [1.82, 2.24) is 19.7 Å². The number of aryl methyl sites for hydroxylation is 1. The van der Waals surface area contributed by atoms with Crippen molar-refractivity contribution in [3.8, 4) is 0 Å². The van der Waals surface area contributed by atoms with Crippen LogP contribution in [0, 0.1) is 0 Å². The third-order valence-corrected chi connectivity index (χ3v) is 1.86. The van der Waals surface area contributed by atoms with Gasteiger partial charge in [-0.3, -0.25) is 4.79 Å². The first-order valence-corrected chi connectivity index (χ1v) is 3.93. The van der Waals surface area contributed by atoms with Crippen LogP contribution in [-0.2, 0) is 6.54 Å². The molecule has 0 radical (unpaired) electrons. The van der Waals surface area contributed by atoms with Gasteiger partial charge < -0.3 is 10.7 Å². The van der Waals surface area contributed by atoms with Gasteiger partial charge in [0, 0.05) is 6.54 Å². The molecule has 0 aliphatic heterocycles. The van der Waals surface area contributed by atoms with Gasteiger partial charge in [0.15, 0.2) is 11.5 Å². The maximum Gasteiger partial charge on any atom is 0.264 e. The lowest BCUT2D eigenvalue weighted by Crippen LogP contribution is -2.07. The number of aromatic amines is 1. The fraction of sp³-hybridized carbons (Fsp3) is 0.286. The summed E-state index contributed by atoms with van der Waals surface area (Å²) in [6, 6.07) is 0. The molecule has 2 aromatic rings. The molecule has 0 atom stereocenters. The van der Waals surface area contributed by atoms with Crippen LogP contribution in [0.3, 0.4) is 0 Å². The van der Waals surface area contributed by atoms with Crippen LogP contribution in [-0.4, -0.2) is 19.7 Å². The highest BCUT2D eigenvalue weighted by Crippen LogP contribution is 2.12. The number of nitrogens with one attached hydrogen (secondary N) is 1. The van der Waals surface area contributed by atoms with E-state index in [0.29, 0.717) is 17.6 Å². The lowest BCUT2D eigenvalue weighted by atomic mass is 10.4. The van der Waals surface area contributed by atoms with Crippen LogP contribution < -0.4 is 11.3 Å². The van der Waals surface area contributed by atoms with E-state index in [0.717, 1.165) is 0 Å².